The average Bonchev–Trinajstić information content (AvgIpc) is 2.04. The van der Waals surface area contributed by atoms with Crippen molar-refractivity contribution in [3.63, 3.8) is 0 Å². The molecule has 0 aromatic heterocycles. The second-order valence-electron chi connectivity index (χ2n) is 4.18. The topological polar surface area (TPSA) is 20.3 Å². The Kier molecular flexibility index (Phi) is 3.67. The molecule has 0 saturated heterocycles. The normalized spacial score (nSPS) is 23.1. The molecule has 1 aliphatic carbocycles. The minimum atomic E-state index is 0.297. The first kappa shape index (κ1) is 10.5. The van der Waals surface area contributed by atoms with Crippen LogP contribution in [0.2, 0.25) is 0 Å². The fourth-order valence-electron chi connectivity index (χ4n) is 1.81. The average molecular weight is 181 g/mol. The SMILES string of the molecule is CC(=O)C1CC=C(CN(C)C)CC1. The van der Waals surface area contributed by atoms with Crippen LogP contribution >= 0.6 is 0 Å². The largest absolute Gasteiger partial charge is 0.305 e. The molecule has 0 N–H and O–H groups in total. The Morgan fingerprint density at radius 3 is 2.69 bits per heavy atom. The van der Waals surface area contributed by atoms with Crippen LogP contribution in [0.3, 0.4) is 0 Å². The van der Waals surface area contributed by atoms with Crippen LogP contribution in [0.25, 0.3) is 0 Å². The molecule has 2 nitrogen and oxygen atoms in total. The monoisotopic (exact) mass is 181 g/mol. The number of carbonyl (C=O) groups is 1. The second-order valence-corrected chi connectivity index (χ2v) is 4.18. The fourth-order valence-corrected chi connectivity index (χ4v) is 1.81. The number of likely N-dealkylation sites (N-methyl/N-ethyl adjacent to an activating group) is 1. The van der Waals surface area contributed by atoms with Crippen molar-refractivity contribution in [1.29, 1.82) is 0 Å². The van der Waals surface area contributed by atoms with E-state index >= 15 is 0 Å². The summed E-state index contributed by atoms with van der Waals surface area (Å²) in [5, 5.41) is 0. The Balaban J connectivity index is 2.43. The highest BCUT2D eigenvalue weighted by atomic mass is 16.1. The number of ketones is 1. The van der Waals surface area contributed by atoms with E-state index in [4.69, 9.17) is 0 Å². The Hall–Kier alpha value is -0.630. The van der Waals surface area contributed by atoms with Crippen molar-refractivity contribution in [3.05, 3.63) is 11.6 Å². The summed E-state index contributed by atoms with van der Waals surface area (Å²) in [5.41, 5.74) is 1.49. The number of Topliss-reactive ketones (excluding diaryl/α,β-unsaturated/α-hetero) is 1. The molecular formula is C11H19NO. The molecule has 0 saturated carbocycles. The van der Waals surface area contributed by atoms with E-state index in [1.165, 1.54) is 5.57 Å². The zero-order valence-corrected chi connectivity index (χ0v) is 8.84. The third kappa shape index (κ3) is 3.31. The molecule has 2 heteroatoms. The van der Waals surface area contributed by atoms with Crippen LogP contribution in [-0.2, 0) is 4.79 Å². The van der Waals surface area contributed by atoms with E-state index in [0.717, 1.165) is 25.8 Å². The van der Waals surface area contributed by atoms with E-state index in [2.05, 4.69) is 25.1 Å². The van der Waals surface area contributed by atoms with Crippen molar-refractivity contribution in [2.45, 2.75) is 26.2 Å². The summed E-state index contributed by atoms with van der Waals surface area (Å²) in [6.45, 7) is 2.75. The van der Waals surface area contributed by atoms with Crippen LogP contribution in [0, 0.1) is 5.92 Å². The number of nitrogens with zero attached hydrogens (tertiary/aromatic N) is 1. The summed E-state index contributed by atoms with van der Waals surface area (Å²) >= 11 is 0. The van der Waals surface area contributed by atoms with Gasteiger partial charge in [0.15, 0.2) is 0 Å². The first-order chi connectivity index (χ1) is 6.09. The molecule has 0 aliphatic heterocycles. The molecule has 13 heavy (non-hydrogen) atoms. The molecule has 0 amide bonds. The lowest BCUT2D eigenvalue weighted by atomic mass is 9.87. The van der Waals surface area contributed by atoms with E-state index < -0.39 is 0 Å². The van der Waals surface area contributed by atoms with E-state index in [1.807, 2.05) is 0 Å². The number of hydrogen-bond donors (Lipinski definition) is 0. The second kappa shape index (κ2) is 4.56. The molecule has 1 rings (SSSR count). The molecule has 1 aliphatic rings. The molecule has 0 aromatic carbocycles. The highest BCUT2D eigenvalue weighted by molar-refractivity contribution is 5.78. The summed E-state index contributed by atoms with van der Waals surface area (Å²) in [7, 11) is 4.16. The molecule has 0 radical (unpaired) electrons. The third-order valence-corrected chi connectivity index (χ3v) is 2.60. The van der Waals surface area contributed by atoms with Crippen molar-refractivity contribution in [1.82, 2.24) is 4.90 Å². The number of rotatable bonds is 3. The van der Waals surface area contributed by atoms with Gasteiger partial charge in [0.1, 0.15) is 5.78 Å². The molecule has 0 spiro atoms. The molecular weight excluding hydrogens is 162 g/mol. The van der Waals surface area contributed by atoms with Gasteiger partial charge in [-0.15, -0.1) is 0 Å². The first-order valence-electron chi connectivity index (χ1n) is 4.92. The molecule has 1 atom stereocenters. The van der Waals surface area contributed by atoms with E-state index in [1.54, 1.807) is 6.92 Å². The summed E-state index contributed by atoms with van der Waals surface area (Å²) in [5.74, 6) is 0.645. The summed E-state index contributed by atoms with van der Waals surface area (Å²) in [4.78, 5) is 13.3. The van der Waals surface area contributed by atoms with Gasteiger partial charge in [0.2, 0.25) is 0 Å². The van der Waals surface area contributed by atoms with Gasteiger partial charge < -0.3 is 4.90 Å². The van der Waals surface area contributed by atoms with Crippen LogP contribution in [0.5, 0.6) is 0 Å². The molecule has 1 unspecified atom stereocenters. The van der Waals surface area contributed by atoms with Crippen molar-refractivity contribution < 1.29 is 4.79 Å². The highest BCUT2D eigenvalue weighted by Crippen LogP contribution is 2.24. The Morgan fingerprint density at radius 1 is 1.62 bits per heavy atom. The maximum absolute atomic E-state index is 11.1. The van der Waals surface area contributed by atoms with Gasteiger partial charge >= 0.3 is 0 Å². The number of hydrogen-bond acceptors (Lipinski definition) is 2. The van der Waals surface area contributed by atoms with Gasteiger partial charge in [0.25, 0.3) is 0 Å². The van der Waals surface area contributed by atoms with Gasteiger partial charge in [-0.3, -0.25) is 4.79 Å². The minimum absolute atomic E-state index is 0.297. The van der Waals surface area contributed by atoms with Crippen LogP contribution < -0.4 is 0 Å². The zero-order valence-electron chi connectivity index (χ0n) is 8.84. The molecule has 0 heterocycles. The number of carbonyl (C=O) groups excluding carboxylic acids is 1. The van der Waals surface area contributed by atoms with Gasteiger partial charge in [0, 0.05) is 12.5 Å². The van der Waals surface area contributed by atoms with E-state index in [-0.39, 0.29) is 0 Å². The maximum Gasteiger partial charge on any atom is 0.133 e. The van der Waals surface area contributed by atoms with Gasteiger partial charge in [-0.05, 0) is 40.3 Å². The van der Waals surface area contributed by atoms with Crippen molar-refractivity contribution in [2.75, 3.05) is 20.6 Å². The molecule has 0 aromatic rings. The summed E-state index contributed by atoms with van der Waals surface area (Å²) < 4.78 is 0. The minimum Gasteiger partial charge on any atom is -0.305 e. The van der Waals surface area contributed by atoms with Gasteiger partial charge in [-0.2, -0.15) is 0 Å². The van der Waals surface area contributed by atoms with Gasteiger partial charge in [-0.1, -0.05) is 11.6 Å². The zero-order chi connectivity index (χ0) is 9.84. The first-order valence-corrected chi connectivity index (χ1v) is 4.92. The molecule has 74 valence electrons. The molecule has 0 fully saturated rings. The lowest BCUT2D eigenvalue weighted by Crippen LogP contribution is -2.20. The molecule has 0 bridgehead atoms. The van der Waals surface area contributed by atoms with Crippen LogP contribution in [0.4, 0.5) is 0 Å². The predicted octanol–water partition coefficient (Wildman–Crippen LogP) is 1.86. The summed E-state index contributed by atoms with van der Waals surface area (Å²) in [6.07, 6.45) is 5.35. The van der Waals surface area contributed by atoms with Crippen LogP contribution in [0.1, 0.15) is 26.2 Å². The Bertz CT molecular complexity index is 218. The highest BCUT2D eigenvalue weighted by Gasteiger charge is 2.17. The lowest BCUT2D eigenvalue weighted by molar-refractivity contribution is -0.120. The maximum atomic E-state index is 11.1. The van der Waals surface area contributed by atoms with E-state index in [0.29, 0.717) is 11.7 Å². The predicted molar refractivity (Wildman–Crippen MR) is 54.7 cm³/mol. The Morgan fingerprint density at radius 2 is 2.31 bits per heavy atom. The summed E-state index contributed by atoms with van der Waals surface area (Å²) in [6, 6.07) is 0. The van der Waals surface area contributed by atoms with Crippen molar-refractivity contribution in [2.24, 2.45) is 5.92 Å². The van der Waals surface area contributed by atoms with Crippen LogP contribution in [-0.4, -0.2) is 31.3 Å². The van der Waals surface area contributed by atoms with E-state index in [9.17, 15) is 4.79 Å². The van der Waals surface area contributed by atoms with Crippen molar-refractivity contribution in [3.8, 4) is 0 Å². The van der Waals surface area contributed by atoms with Crippen molar-refractivity contribution >= 4 is 5.78 Å². The lowest BCUT2D eigenvalue weighted by Gasteiger charge is -2.21. The fraction of sp³-hybridized carbons (Fsp3) is 0.727. The van der Waals surface area contributed by atoms with Gasteiger partial charge in [-0.25, -0.2) is 0 Å². The van der Waals surface area contributed by atoms with Gasteiger partial charge in [0.05, 0.1) is 0 Å². The van der Waals surface area contributed by atoms with Crippen LogP contribution in [0.15, 0.2) is 11.6 Å². The standard InChI is InChI=1S/C11H19NO/c1-9(13)11-6-4-10(5-7-11)8-12(2)3/h4,11H,5-8H2,1-3H3. The third-order valence-electron chi connectivity index (χ3n) is 2.60. The quantitative estimate of drug-likeness (QED) is 0.619. The smallest absolute Gasteiger partial charge is 0.133 e. The number of allylic oxidation sites excluding steroid dienone is 1. The Labute approximate surface area is 80.6 Å².